The first-order chi connectivity index (χ1) is 15.3. The minimum Gasteiger partial charge on any atom is -0.443 e. The maximum Gasteiger partial charge on any atom is 0.414 e. The molecule has 2 aliphatic rings. The van der Waals surface area contributed by atoms with E-state index in [0.717, 1.165) is 16.8 Å². The van der Waals surface area contributed by atoms with Gasteiger partial charge in [0, 0.05) is 5.56 Å². The Morgan fingerprint density at radius 3 is 2.31 bits per heavy atom. The summed E-state index contributed by atoms with van der Waals surface area (Å²) >= 11 is 0. The van der Waals surface area contributed by atoms with E-state index in [0.29, 0.717) is 6.54 Å². The van der Waals surface area contributed by atoms with Gasteiger partial charge < -0.3 is 9.47 Å². The minimum atomic E-state index is -0.670. The molecule has 3 aromatic rings. The lowest BCUT2D eigenvalue weighted by molar-refractivity contribution is -0.0189. The Balaban J connectivity index is 1.39. The predicted octanol–water partition coefficient (Wildman–Crippen LogP) is 6.63. The molecule has 4 heteroatoms. The lowest BCUT2D eigenvalue weighted by Gasteiger charge is -2.27. The van der Waals surface area contributed by atoms with Crippen LogP contribution in [0, 0.1) is 0 Å². The summed E-state index contributed by atoms with van der Waals surface area (Å²) in [5.74, 6) is 0. The molecule has 0 aromatic heterocycles. The molecule has 0 unspecified atom stereocenters. The fraction of sp³-hybridized carbons (Fsp3) is 0.250. The fourth-order valence-electron chi connectivity index (χ4n) is 4.42. The summed E-state index contributed by atoms with van der Waals surface area (Å²) in [6.07, 6.45) is 3.65. The summed E-state index contributed by atoms with van der Waals surface area (Å²) in [7, 11) is 0. The van der Waals surface area contributed by atoms with Gasteiger partial charge in [0.15, 0.2) is 0 Å². The normalized spacial score (nSPS) is 21.7. The van der Waals surface area contributed by atoms with Crippen LogP contribution < -0.4 is 4.90 Å². The number of ether oxygens (including phenoxy) is 2. The molecule has 2 heterocycles. The van der Waals surface area contributed by atoms with Crippen LogP contribution in [-0.4, -0.2) is 18.2 Å². The van der Waals surface area contributed by atoms with Crippen molar-refractivity contribution in [3.05, 3.63) is 102 Å². The van der Waals surface area contributed by atoms with Crippen molar-refractivity contribution >= 4 is 11.8 Å². The second-order valence-corrected chi connectivity index (χ2v) is 9.36. The van der Waals surface area contributed by atoms with Crippen LogP contribution >= 0.6 is 0 Å². The predicted molar refractivity (Wildman–Crippen MR) is 127 cm³/mol. The number of benzene rings is 3. The number of carbonyl (C=O) groups is 1. The molecular formula is C28H27NO3. The molecule has 0 radical (unpaired) electrons. The van der Waals surface area contributed by atoms with Crippen molar-refractivity contribution < 1.29 is 14.3 Å². The Morgan fingerprint density at radius 1 is 0.938 bits per heavy atom. The van der Waals surface area contributed by atoms with E-state index >= 15 is 0 Å². The average molecular weight is 426 g/mol. The van der Waals surface area contributed by atoms with Crippen molar-refractivity contribution in [3.63, 3.8) is 0 Å². The number of amides is 1. The largest absolute Gasteiger partial charge is 0.443 e. The third-order valence-corrected chi connectivity index (χ3v) is 5.88. The van der Waals surface area contributed by atoms with E-state index in [1.165, 1.54) is 11.1 Å². The smallest absolute Gasteiger partial charge is 0.414 e. The maximum atomic E-state index is 12.9. The molecule has 0 bridgehead atoms. The van der Waals surface area contributed by atoms with Crippen LogP contribution in [0.1, 0.15) is 38.0 Å². The van der Waals surface area contributed by atoms with Gasteiger partial charge in [0.25, 0.3) is 0 Å². The standard InChI is InChI=1S/C28H27NO3/c1-27(2,3)32-26(30)29-19-28(23-11-7-8-12-24(23)29)18-17-25(31-28)22-15-13-21(14-16-22)20-9-5-4-6-10-20/h4-18,25H,19H2,1-3H3/t25-,28+/m1/s1. The molecule has 2 aliphatic heterocycles. The van der Waals surface area contributed by atoms with E-state index < -0.39 is 11.2 Å². The van der Waals surface area contributed by atoms with Gasteiger partial charge in [-0.05, 0) is 49.6 Å². The van der Waals surface area contributed by atoms with Crippen molar-refractivity contribution in [2.24, 2.45) is 0 Å². The number of carbonyl (C=O) groups excluding carboxylic acids is 1. The molecule has 0 fully saturated rings. The van der Waals surface area contributed by atoms with Gasteiger partial charge in [0.1, 0.15) is 17.3 Å². The van der Waals surface area contributed by atoms with Crippen molar-refractivity contribution in [1.29, 1.82) is 0 Å². The van der Waals surface area contributed by atoms with Crippen molar-refractivity contribution in [1.82, 2.24) is 0 Å². The molecule has 1 amide bonds. The molecule has 1 spiro atoms. The number of nitrogens with zero attached hydrogens (tertiary/aromatic N) is 1. The van der Waals surface area contributed by atoms with Gasteiger partial charge in [0.05, 0.1) is 12.2 Å². The first kappa shape index (κ1) is 20.5. The molecule has 4 nitrogen and oxygen atoms in total. The summed E-state index contributed by atoms with van der Waals surface area (Å²) in [5, 5.41) is 0. The van der Waals surface area contributed by atoms with Gasteiger partial charge in [-0.25, -0.2) is 4.79 Å². The number of para-hydroxylation sites is 1. The molecule has 2 atom stereocenters. The summed E-state index contributed by atoms with van der Waals surface area (Å²) in [6.45, 7) is 6.04. The van der Waals surface area contributed by atoms with Crippen LogP contribution in [0.3, 0.4) is 0 Å². The van der Waals surface area contributed by atoms with Crippen LogP contribution in [0.4, 0.5) is 10.5 Å². The summed E-state index contributed by atoms with van der Waals surface area (Å²) in [5.41, 5.74) is 4.06. The molecule has 0 saturated heterocycles. The first-order valence-electron chi connectivity index (χ1n) is 11.0. The average Bonchev–Trinajstić information content (AvgIpc) is 3.36. The summed E-state index contributed by atoms with van der Waals surface area (Å²) < 4.78 is 12.3. The minimum absolute atomic E-state index is 0.175. The van der Waals surface area contributed by atoms with Crippen LogP contribution in [0.2, 0.25) is 0 Å². The second-order valence-electron chi connectivity index (χ2n) is 9.36. The number of fused-ring (bicyclic) bond motifs is 2. The van der Waals surface area contributed by atoms with Crippen LogP contribution in [0.15, 0.2) is 91.0 Å². The Kier molecular flexibility index (Phi) is 4.90. The molecule has 0 aliphatic carbocycles. The molecule has 0 N–H and O–H groups in total. The number of rotatable bonds is 2. The Labute approximate surface area is 189 Å². The molecule has 5 rings (SSSR count). The van der Waals surface area contributed by atoms with Crippen molar-refractivity contribution in [2.45, 2.75) is 38.1 Å². The Morgan fingerprint density at radius 2 is 1.59 bits per heavy atom. The fourth-order valence-corrected chi connectivity index (χ4v) is 4.42. The zero-order valence-electron chi connectivity index (χ0n) is 18.6. The highest BCUT2D eigenvalue weighted by molar-refractivity contribution is 5.92. The molecular weight excluding hydrogens is 398 g/mol. The van der Waals surface area contributed by atoms with Gasteiger partial charge in [-0.2, -0.15) is 0 Å². The maximum absolute atomic E-state index is 12.9. The third kappa shape index (κ3) is 3.71. The van der Waals surface area contributed by atoms with E-state index in [2.05, 4.69) is 48.6 Å². The van der Waals surface area contributed by atoms with Gasteiger partial charge >= 0.3 is 6.09 Å². The summed E-state index contributed by atoms with van der Waals surface area (Å²) in [4.78, 5) is 14.6. The number of hydrogen-bond acceptors (Lipinski definition) is 3. The van der Waals surface area contributed by atoms with Crippen LogP contribution in [-0.2, 0) is 15.1 Å². The van der Waals surface area contributed by atoms with Gasteiger partial charge in [-0.1, -0.05) is 78.9 Å². The van der Waals surface area contributed by atoms with Gasteiger partial charge in [-0.15, -0.1) is 0 Å². The molecule has 0 saturated carbocycles. The highest BCUT2D eigenvalue weighted by Gasteiger charge is 2.48. The number of hydrogen-bond donors (Lipinski definition) is 0. The topological polar surface area (TPSA) is 38.8 Å². The zero-order valence-corrected chi connectivity index (χ0v) is 18.6. The monoisotopic (exact) mass is 425 g/mol. The van der Waals surface area contributed by atoms with E-state index in [1.807, 2.05) is 63.2 Å². The van der Waals surface area contributed by atoms with Crippen molar-refractivity contribution in [2.75, 3.05) is 11.4 Å². The van der Waals surface area contributed by atoms with E-state index in [-0.39, 0.29) is 12.2 Å². The lowest BCUT2D eigenvalue weighted by atomic mass is 9.97. The third-order valence-electron chi connectivity index (χ3n) is 5.88. The Hall–Kier alpha value is -3.37. The highest BCUT2D eigenvalue weighted by atomic mass is 16.6. The lowest BCUT2D eigenvalue weighted by Crippen LogP contribution is -2.39. The van der Waals surface area contributed by atoms with Crippen LogP contribution in [0.25, 0.3) is 11.1 Å². The van der Waals surface area contributed by atoms with Crippen molar-refractivity contribution in [3.8, 4) is 11.1 Å². The SMILES string of the molecule is CC(C)(C)OC(=O)N1C[C@@]2(C=C[C@H](c3ccc(-c4ccccc4)cc3)O2)c2ccccc21. The molecule has 32 heavy (non-hydrogen) atoms. The first-order valence-corrected chi connectivity index (χ1v) is 11.0. The second kappa shape index (κ2) is 7.64. The highest BCUT2D eigenvalue weighted by Crippen LogP contribution is 2.49. The van der Waals surface area contributed by atoms with Gasteiger partial charge in [0.2, 0.25) is 0 Å². The van der Waals surface area contributed by atoms with E-state index in [9.17, 15) is 4.79 Å². The Bertz CT molecular complexity index is 1160. The molecule has 162 valence electrons. The van der Waals surface area contributed by atoms with E-state index in [4.69, 9.17) is 9.47 Å². The van der Waals surface area contributed by atoms with Gasteiger partial charge in [-0.3, -0.25) is 4.90 Å². The quantitative estimate of drug-likeness (QED) is 0.433. The number of anilines is 1. The zero-order chi connectivity index (χ0) is 22.3. The molecule has 3 aromatic carbocycles. The van der Waals surface area contributed by atoms with E-state index in [1.54, 1.807) is 4.90 Å². The van der Waals surface area contributed by atoms with Crippen LogP contribution in [0.5, 0.6) is 0 Å². The summed E-state index contributed by atoms with van der Waals surface area (Å²) in [6, 6.07) is 26.7.